The zero-order chi connectivity index (χ0) is 14.1. The van der Waals surface area contributed by atoms with Crippen LogP contribution in [0, 0.1) is 0 Å². The molecule has 0 saturated heterocycles. The molecule has 106 valence electrons. The van der Waals surface area contributed by atoms with Gasteiger partial charge in [-0.2, -0.15) is 0 Å². The molecule has 1 fully saturated rings. The van der Waals surface area contributed by atoms with Crippen molar-refractivity contribution in [1.82, 2.24) is 25.5 Å². The number of thiophene rings is 1. The second-order valence-electron chi connectivity index (χ2n) is 5.18. The Bertz CT molecular complexity index is 590. The van der Waals surface area contributed by atoms with E-state index in [0.29, 0.717) is 6.04 Å². The van der Waals surface area contributed by atoms with E-state index in [9.17, 15) is 4.79 Å². The molecule has 3 rings (SSSR count). The Morgan fingerprint density at radius 3 is 2.95 bits per heavy atom. The molecule has 0 bridgehead atoms. The summed E-state index contributed by atoms with van der Waals surface area (Å²) in [6.07, 6.45) is 2.23. The lowest BCUT2D eigenvalue weighted by Crippen LogP contribution is -2.31. The molecule has 0 spiro atoms. The molecule has 1 aliphatic rings. The maximum absolute atomic E-state index is 12.3. The zero-order valence-corrected chi connectivity index (χ0v) is 12.3. The minimum atomic E-state index is -0.180. The molecule has 2 aromatic rings. The zero-order valence-electron chi connectivity index (χ0n) is 11.5. The Labute approximate surface area is 121 Å². The molecule has 0 radical (unpaired) electrons. The number of rotatable bonds is 5. The molecular weight excluding hydrogens is 274 g/mol. The molecule has 0 aromatic carbocycles. The molecule has 20 heavy (non-hydrogen) atoms. The van der Waals surface area contributed by atoms with Gasteiger partial charge < -0.3 is 5.32 Å². The molecule has 1 N–H and O–H groups in total. The first-order valence-electron chi connectivity index (χ1n) is 6.78. The van der Waals surface area contributed by atoms with Crippen LogP contribution in [0.25, 0.3) is 0 Å². The summed E-state index contributed by atoms with van der Waals surface area (Å²) in [5.41, 5.74) is 0. The number of nitrogens with one attached hydrogen (secondary N) is 1. The number of hydrogen-bond acceptors (Lipinski definition) is 5. The van der Waals surface area contributed by atoms with Gasteiger partial charge in [0.05, 0.1) is 18.0 Å². The van der Waals surface area contributed by atoms with E-state index in [1.165, 1.54) is 0 Å². The van der Waals surface area contributed by atoms with Crippen LogP contribution in [0.3, 0.4) is 0 Å². The highest BCUT2D eigenvalue weighted by Gasteiger charge is 2.30. The lowest BCUT2D eigenvalue weighted by Gasteiger charge is -2.16. The predicted molar refractivity (Wildman–Crippen MR) is 75.4 cm³/mol. The maximum Gasteiger partial charge on any atom is 0.228 e. The number of carbonyl (C=O) groups excluding carboxylic acids is 1. The van der Waals surface area contributed by atoms with E-state index in [4.69, 9.17) is 0 Å². The Morgan fingerprint density at radius 2 is 2.30 bits per heavy atom. The van der Waals surface area contributed by atoms with E-state index >= 15 is 0 Å². The smallest absolute Gasteiger partial charge is 0.228 e. The summed E-state index contributed by atoms with van der Waals surface area (Å²) in [5.74, 6) is 0.590. The van der Waals surface area contributed by atoms with E-state index in [1.807, 2.05) is 36.0 Å². The van der Waals surface area contributed by atoms with Crippen molar-refractivity contribution in [2.45, 2.75) is 44.7 Å². The topological polar surface area (TPSA) is 72.7 Å². The van der Waals surface area contributed by atoms with Crippen LogP contribution in [-0.4, -0.2) is 26.1 Å². The lowest BCUT2D eigenvalue weighted by atomic mass is 10.1. The molecule has 2 atom stereocenters. The third kappa shape index (κ3) is 2.58. The van der Waals surface area contributed by atoms with Crippen LogP contribution < -0.4 is 5.32 Å². The van der Waals surface area contributed by atoms with Crippen LogP contribution in [0.4, 0.5) is 0 Å². The molecule has 0 unspecified atom stereocenters. The number of hydrogen-bond donors (Lipinski definition) is 1. The van der Waals surface area contributed by atoms with Gasteiger partial charge in [0.15, 0.2) is 5.82 Å². The molecule has 7 heteroatoms. The fourth-order valence-corrected chi connectivity index (χ4v) is 2.92. The molecule has 2 heterocycles. The van der Waals surface area contributed by atoms with Crippen molar-refractivity contribution >= 4 is 17.2 Å². The van der Waals surface area contributed by atoms with Gasteiger partial charge in [0, 0.05) is 4.88 Å². The molecule has 6 nitrogen and oxygen atoms in total. The van der Waals surface area contributed by atoms with Gasteiger partial charge in [-0.3, -0.25) is 4.79 Å². The van der Waals surface area contributed by atoms with Crippen molar-refractivity contribution < 1.29 is 4.79 Å². The Morgan fingerprint density at radius 1 is 1.50 bits per heavy atom. The van der Waals surface area contributed by atoms with Crippen molar-refractivity contribution in [2.24, 2.45) is 0 Å². The second-order valence-corrected chi connectivity index (χ2v) is 6.16. The summed E-state index contributed by atoms with van der Waals surface area (Å²) >= 11 is 1.60. The number of tetrazole rings is 1. The minimum absolute atomic E-state index is 0.00490. The number of aromatic nitrogens is 4. The van der Waals surface area contributed by atoms with Crippen LogP contribution in [0.2, 0.25) is 0 Å². The van der Waals surface area contributed by atoms with Crippen LogP contribution in [-0.2, 0) is 4.79 Å². The number of nitrogens with zero attached hydrogens (tertiary/aromatic N) is 4. The van der Waals surface area contributed by atoms with E-state index in [1.54, 1.807) is 11.3 Å². The standard InChI is InChI=1S/C13H17N5OS/c1-8(11-4-3-7-20-11)13(19)14-9(2)12-15-16-17-18(12)10-5-6-10/h3-4,7-10H,5-6H2,1-2H3,(H,14,19)/t8-,9-/m1/s1. The van der Waals surface area contributed by atoms with E-state index < -0.39 is 0 Å². The fraction of sp³-hybridized carbons (Fsp3) is 0.538. The predicted octanol–water partition coefficient (Wildman–Crippen LogP) is 2.05. The van der Waals surface area contributed by atoms with Gasteiger partial charge >= 0.3 is 0 Å². The lowest BCUT2D eigenvalue weighted by molar-refractivity contribution is -0.122. The van der Waals surface area contributed by atoms with Crippen LogP contribution in [0.15, 0.2) is 17.5 Å². The summed E-state index contributed by atoms with van der Waals surface area (Å²) in [4.78, 5) is 13.3. The molecule has 1 amide bonds. The maximum atomic E-state index is 12.3. The SMILES string of the molecule is C[C@@H](NC(=O)[C@H](C)c1cccs1)c1nnnn1C1CC1. The third-order valence-electron chi connectivity index (χ3n) is 3.52. The number of carbonyl (C=O) groups is 1. The van der Waals surface area contributed by atoms with Crippen LogP contribution >= 0.6 is 11.3 Å². The highest BCUT2D eigenvalue weighted by Crippen LogP contribution is 2.35. The number of amides is 1. The monoisotopic (exact) mass is 291 g/mol. The van der Waals surface area contributed by atoms with Gasteiger partial charge in [-0.05, 0) is 48.6 Å². The molecule has 2 aromatic heterocycles. The van der Waals surface area contributed by atoms with E-state index in [2.05, 4.69) is 20.8 Å². The summed E-state index contributed by atoms with van der Waals surface area (Å²) in [6.45, 7) is 3.83. The summed E-state index contributed by atoms with van der Waals surface area (Å²) in [5, 5.41) is 16.8. The summed E-state index contributed by atoms with van der Waals surface area (Å²) < 4.78 is 1.83. The first-order valence-corrected chi connectivity index (χ1v) is 7.66. The summed E-state index contributed by atoms with van der Waals surface area (Å²) in [7, 11) is 0. The van der Waals surface area contributed by atoms with Crippen molar-refractivity contribution in [3.63, 3.8) is 0 Å². The average Bonchev–Trinajstić information content (AvgIpc) is 2.97. The van der Waals surface area contributed by atoms with Gasteiger partial charge in [-0.25, -0.2) is 4.68 Å². The normalized spacial score (nSPS) is 17.7. The van der Waals surface area contributed by atoms with Crippen LogP contribution in [0.1, 0.15) is 55.4 Å². The van der Waals surface area contributed by atoms with E-state index in [-0.39, 0.29) is 17.9 Å². The van der Waals surface area contributed by atoms with Gasteiger partial charge in [-0.1, -0.05) is 6.07 Å². The second kappa shape index (κ2) is 5.32. The van der Waals surface area contributed by atoms with Gasteiger partial charge in [-0.15, -0.1) is 16.4 Å². The molecule has 1 saturated carbocycles. The first kappa shape index (κ1) is 13.2. The van der Waals surface area contributed by atoms with Crippen molar-refractivity contribution in [2.75, 3.05) is 0 Å². The van der Waals surface area contributed by atoms with Crippen molar-refractivity contribution in [1.29, 1.82) is 0 Å². The first-order chi connectivity index (χ1) is 9.66. The van der Waals surface area contributed by atoms with Crippen LogP contribution in [0.5, 0.6) is 0 Å². The highest BCUT2D eigenvalue weighted by atomic mass is 32.1. The quantitative estimate of drug-likeness (QED) is 0.915. The van der Waals surface area contributed by atoms with Gasteiger partial charge in [0.1, 0.15) is 0 Å². The molecule has 0 aliphatic heterocycles. The summed E-state index contributed by atoms with van der Waals surface area (Å²) in [6, 6.07) is 4.17. The average molecular weight is 291 g/mol. The minimum Gasteiger partial charge on any atom is -0.346 e. The van der Waals surface area contributed by atoms with Crippen molar-refractivity contribution in [3.8, 4) is 0 Å². The fourth-order valence-electron chi connectivity index (χ4n) is 2.13. The van der Waals surface area contributed by atoms with Crippen molar-refractivity contribution in [3.05, 3.63) is 28.2 Å². The Balaban J connectivity index is 1.67. The van der Waals surface area contributed by atoms with E-state index in [0.717, 1.165) is 23.5 Å². The highest BCUT2D eigenvalue weighted by molar-refractivity contribution is 7.10. The Hall–Kier alpha value is -1.76. The molecular formula is C13H17N5OS. The molecule has 1 aliphatic carbocycles. The van der Waals surface area contributed by atoms with Gasteiger partial charge in [0.25, 0.3) is 0 Å². The Kier molecular flexibility index (Phi) is 3.52. The third-order valence-corrected chi connectivity index (χ3v) is 4.58. The largest absolute Gasteiger partial charge is 0.346 e. The van der Waals surface area contributed by atoms with Gasteiger partial charge in [0.2, 0.25) is 5.91 Å².